The van der Waals surface area contributed by atoms with Crippen molar-refractivity contribution in [1.82, 2.24) is 15.2 Å². The van der Waals surface area contributed by atoms with Crippen molar-refractivity contribution in [1.29, 1.82) is 0 Å². The summed E-state index contributed by atoms with van der Waals surface area (Å²) in [6.07, 6.45) is 12.6. The van der Waals surface area contributed by atoms with E-state index in [9.17, 15) is 9.59 Å². The number of hydrogen-bond donors (Lipinski definition) is 1. The fraction of sp³-hybridized carbons (Fsp3) is 0.357. The molecular weight excluding hydrogens is 499 g/mol. The molecule has 1 aromatic carbocycles. The van der Waals surface area contributed by atoms with Crippen molar-refractivity contribution >= 4 is 11.8 Å². The van der Waals surface area contributed by atoms with E-state index in [1.54, 1.807) is 12.4 Å². The SMILES string of the molecule is C=CC=[C-]C(=O)N[C@@H](Cc1ccccc1)C(=O)N1CCCC[C@@H]1C.CC.[CH3-].[HH].[Y].c1ccncc1. The predicted molar refractivity (Wildman–Crippen MR) is 139 cm³/mol. The number of rotatable bonds is 6. The van der Waals surface area contributed by atoms with E-state index in [4.69, 9.17) is 0 Å². The van der Waals surface area contributed by atoms with Crippen molar-refractivity contribution in [3.8, 4) is 0 Å². The van der Waals surface area contributed by atoms with Crippen LogP contribution in [0.2, 0.25) is 0 Å². The zero-order valence-corrected chi connectivity index (χ0v) is 24.0. The van der Waals surface area contributed by atoms with Crippen LogP contribution in [0.15, 0.2) is 79.7 Å². The number of benzene rings is 1. The van der Waals surface area contributed by atoms with E-state index in [0.717, 1.165) is 31.4 Å². The number of hydrogen-bond acceptors (Lipinski definition) is 3. The molecule has 2 atom stereocenters. The number of carbonyl (C=O) groups excluding carboxylic acids is 2. The molecule has 185 valence electrons. The van der Waals surface area contributed by atoms with Crippen LogP contribution < -0.4 is 5.32 Å². The van der Waals surface area contributed by atoms with Crippen LogP contribution in [0.1, 0.15) is 47.0 Å². The number of amides is 2. The Morgan fingerprint density at radius 1 is 1.18 bits per heavy atom. The molecule has 6 heteroatoms. The van der Waals surface area contributed by atoms with Crippen molar-refractivity contribution in [2.24, 2.45) is 0 Å². The van der Waals surface area contributed by atoms with Gasteiger partial charge < -0.3 is 17.6 Å². The van der Waals surface area contributed by atoms with Gasteiger partial charge in [-0.2, -0.15) is 12.7 Å². The minimum Gasteiger partial charge on any atom is -0.358 e. The van der Waals surface area contributed by atoms with Gasteiger partial charge in [0.15, 0.2) is 5.91 Å². The maximum absolute atomic E-state index is 13.0. The Kier molecular flexibility index (Phi) is 21.5. The maximum atomic E-state index is 13.0. The van der Waals surface area contributed by atoms with E-state index in [1.807, 2.05) is 67.3 Å². The van der Waals surface area contributed by atoms with Crippen molar-refractivity contribution in [3.63, 3.8) is 0 Å². The van der Waals surface area contributed by atoms with Gasteiger partial charge in [0.2, 0.25) is 5.91 Å². The van der Waals surface area contributed by atoms with Crippen LogP contribution in [-0.4, -0.2) is 40.3 Å². The van der Waals surface area contributed by atoms with E-state index >= 15 is 0 Å². The average Bonchev–Trinajstić information content (AvgIpc) is 2.85. The number of pyridine rings is 1. The van der Waals surface area contributed by atoms with E-state index in [0.29, 0.717) is 6.42 Å². The van der Waals surface area contributed by atoms with Gasteiger partial charge in [-0.25, -0.2) is 12.2 Å². The molecule has 2 heterocycles. The van der Waals surface area contributed by atoms with Gasteiger partial charge in [-0.05, 0) is 43.9 Å². The van der Waals surface area contributed by atoms with Gasteiger partial charge in [0.25, 0.3) is 0 Å². The molecule has 0 unspecified atom stereocenters. The Morgan fingerprint density at radius 2 is 1.79 bits per heavy atom. The zero-order valence-electron chi connectivity index (χ0n) is 21.1. The second kappa shape index (κ2) is 21.4. The largest absolute Gasteiger partial charge is 0.358 e. The molecule has 3 rings (SSSR count). The number of nitrogens with zero attached hydrogens (tertiary/aromatic N) is 2. The van der Waals surface area contributed by atoms with Gasteiger partial charge in [-0.1, -0.05) is 50.2 Å². The minimum atomic E-state index is -0.578. The average molecular weight is 541 g/mol. The normalized spacial score (nSPS) is 15.0. The number of carbonyl (C=O) groups is 2. The third kappa shape index (κ3) is 13.6. The van der Waals surface area contributed by atoms with Crippen LogP contribution in [0.25, 0.3) is 0 Å². The van der Waals surface area contributed by atoms with E-state index in [1.165, 1.54) is 12.2 Å². The molecule has 2 amide bonds. The molecule has 0 bridgehead atoms. The topological polar surface area (TPSA) is 62.3 Å². The van der Waals surface area contributed by atoms with Crippen LogP contribution in [-0.2, 0) is 48.7 Å². The van der Waals surface area contributed by atoms with Crippen LogP contribution in [0.5, 0.6) is 0 Å². The van der Waals surface area contributed by atoms with Crippen LogP contribution in [0.4, 0.5) is 0 Å². The standard InChI is InChI=1S/C20H25N2O2.C5H5N.C2H6.CH3.Y.H2/c1-3-4-13-19(23)21-18(15-17-11-6-5-7-12-17)20(24)22-14-9-8-10-16(22)2;1-2-4-6-5-3-1;1-2;;;/h3-7,11-12,16,18H,1,8-10,14-15H2,2H3,(H,21,23);1-5H;1-2H3;1H3;;1H/q-1;;;-1;;/t16-,18-;;;;;/m0...../s1. The Morgan fingerprint density at radius 3 is 2.29 bits per heavy atom. The number of piperidine rings is 1. The summed E-state index contributed by atoms with van der Waals surface area (Å²) in [5.74, 6) is -0.409. The molecule has 5 nitrogen and oxygen atoms in total. The molecule has 1 aromatic heterocycles. The van der Waals surface area contributed by atoms with Crippen molar-refractivity contribution in [2.45, 2.75) is 58.5 Å². The van der Waals surface area contributed by atoms with Crippen molar-refractivity contribution in [3.05, 3.63) is 98.7 Å². The smallest absolute Gasteiger partial charge is 0.245 e. The zero-order chi connectivity index (χ0) is 23.6. The Labute approximate surface area is 233 Å². The Hall–Kier alpha value is -2.11. The van der Waals surface area contributed by atoms with Crippen LogP contribution in [0.3, 0.4) is 0 Å². The molecule has 0 aliphatic carbocycles. The van der Waals surface area contributed by atoms with Crippen LogP contribution in [0, 0.1) is 13.5 Å². The second-order valence-electron chi connectivity index (χ2n) is 7.16. The number of nitrogens with one attached hydrogen (secondary N) is 1. The molecule has 0 spiro atoms. The van der Waals surface area contributed by atoms with Crippen molar-refractivity contribution < 1.29 is 43.7 Å². The Bertz CT molecular complexity index is 793. The van der Waals surface area contributed by atoms with E-state index in [2.05, 4.69) is 29.9 Å². The van der Waals surface area contributed by atoms with Gasteiger partial charge in [0.1, 0.15) is 6.04 Å². The molecule has 34 heavy (non-hydrogen) atoms. The molecule has 1 saturated heterocycles. The first-order valence-corrected chi connectivity index (χ1v) is 11.3. The maximum Gasteiger partial charge on any atom is 0.245 e. The van der Waals surface area contributed by atoms with Gasteiger partial charge in [0, 0.05) is 65.5 Å². The summed E-state index contributed by atoms with van der Waals surface area (Å²) in [6.45, 7) is 10.4. The number of allylic oxidation sites excluding steroid dienone is 2. The molecule has 1 aliphatic rings. The van der Waals surface area contributed by atoms with Crippen molar-refractivity contribution in [2.75, 3.05) is 6.54 Å². The molecular formula is C28H41N3O2Y-2. The van der Waals surface area contributed by atoms with Crippen LogP contribution >= 0.6 is 0 Å². The fourth-order valence-electron chi connectivity index (χ4n) is 3.32. The minimum absolute atomic E-state index is 0. The van der Waals surface area contributed by atoms with Gasteiger partial charge in [-0.15, -0.1) is 0 Å². The monoisotopic (exact) mass is 540 g/mol. The summed E-state index contributed by atoms with van der Waals surface area (Å²) in [6, 6.07) is 15.1. The molecule has 1 fully saturated rings. The molecule has 0 saturated carbocycles. The quantitative estimate of drug-likeness (QED) is 0.301. The van der Waals surface area contributed by atoms with Gasteiger partial charge in [0.05, 0.1) is 0 Å². The summed E-state index contributed by atoms with van der Waals surface area (Å²) in [4.78, 5) is 30.7. The molecule has 1 aliphatic heterocycles. The third-order valence-corrected chi connectivity index (χ3v) is 4.87. The summed E-state index contributed by atoms with van der Waals surface area (Å²) in [7, 11) is 0. The predicted octanol–water partition coefficient (Wildman–Crippen LogP) is 5.46. The molecule has 1 N–H and O–H groups in total. The number of aromatic nitrogens is 1. The second-order valence-corrected chi connectivity index (χ2v) is 7.16. The Balaban J connectivity index is -0.000000803. The number of likely N-dealkylation sites (tertiary alicyclic amines) is 1. The third-order valence-electron chi connectivity index (χ3n) is 4.87. The fourth-order valence-corrected chi connectivity index (χ4v) is 3.32. The van der Waals surface area contributed by atoms with Gasteiger partial charge >= 0.3 is 0 Å². The summed E-state index contributed by atoms with van der Waals surface area (Å²) in [5.41, 5.74) is 1.02. The van der Waals surface area contributed by atoms with E-state index < -0.39 is 11.9 Å². The molecule has 2 aromatic rings. The van der Waals surface area contributed by atoms with E-state index in [-0.39, 0.29) is 53.5 Å². The molecule has 1 radical (unpaired) electrons. The first-order chi connectivity index (χ1) is 15.6. The summed E-state index contributed by atoms with van der Waals surface area (Å²) in [5, 5.41) is 2.80. The van der Waals surface area contributed by atoms with Gasteiger partial charge in [-0.3, -0.25) is 14.6 Å². The first kappa shape index (κ1) is 34.1. The first-order valence-electron chi connectivity index (χ1n) is 11.3. The summed E-state index contributed by atoms with van der Waals surface area (Å²) < 4.78 is 0. The summed E-state index contributed by atoms with van der Waals surface area (Å²) >= 11 is 0.